The van der Waals surface area contributed by atoms with Crippen LogP contribution >= 0.6 is 22.9 Å². The van der Waals surface area contributed by atoms with Crippen LogP contribution in [0.2, 0.25) is 0 Å². The SMILES string of the molecule is CCc1nsc(NC(=O)c2cc(C3C[C@@H](F)CN3)sc2C)n1. The standard InChI is InChI=1S/C14H17FN4OS2/c1-3-12-17-14(22-19-12)18-13(20)9-5-11(21-7(9)2)10-4-8(15)6-16-10/h5,8,10,16H,3-4,6H2,1-2H3,(H,17,18,19,20)/t8-,10?/m1/s1. The first-order valence-electron chi connectivity index (χ1n) is 7.18. The molecular weight excluding hydrogens is 323 g/mol. The summed E-state index contributed by atoms with van der Waals surface area (Å²) in [6, 6.07) is 1.86. The molecule has 0 radical (unpaired) electrons. The van der Waals surface area contributed by atoms with Crippen molar-refractivity contribution in [2.24, 2.45) is 0 Å². The number of alkyl halides is 1. The van der Waals surface area contributed by atoms with E-state index in [1.165, 1.54) is 22.9 Å². The maximum Gasteiger partial charge on any atom is 0.258 e. The van der Waals surface area contributed by atoms with E-state index in [0.29, 0.717) is 23.7 Å². The molecule has 22 heavy (non-hydrogen) atoms. The highest BCUT2D eigenvalue weighted by molar-refractivity contribution is 7.12. The molecule has 1 fully saturated rings. The number of anilines is 1. The molecule has 118 valence electrons. The van der Waals surface area contributed by atoms with Crippen LogP contribution in [0.25, 0.3) is 0 Å². The Morgan fingerprint density at radius 2 is 2.41 bits per heavy atom. The predicted octanol–water partition coefficient (Wildman–Crippen LogP) is 3.10. The van der Waals surface area contributed by atoms with Gasteiger partial charge >= 0.3 is 0 Å². The molecular formula is C14H17FN4OS2. The minimum Gasteiger partial charge on any atom is -0.306 e. The molecule has 2 atom stereocenters. The molecule has 0 aromatic carbocycles. The molecule has 1 aliphatic rings. The number of nitrogens with zero attached hydrogens (tertiary/aromatic N) is 2. The number of aromatic nitrogens is 2. The summed E-state index contributed by atoms with van der Waals surface area (Å²) in [7, 11) is 0. The van der Waals surface area contributed by atoms with Crippen LogP contribution in [0.3, 0.4) is 0 Å². The van der Waals surface area contributed by atoms with Gasteiger partial charge in [-0.05, 0) is 13.0 Å². The van der Waals surface area contributed by atoms with Crippen molar-refractivity contribution in [3.8, 4) is 0 Å². The van der Waals surface area contributed by atoms with Gasteiger partial charge in [0.05, 0.1) is 5.56 Å². The first-order valence-corrected chi connectivity index (χ1v) is 8.77. The lowest BCUT2D eigenvalue weighted by Crippen LogP contribution is -2.13. The molecule has 2 aromatic heterocycles. The van der Waals surface area contributed by atoms with Crippen molar-refractivity contribution in [2.45, 2.75) is 38.9 Å². The molecule has 1 unspecified atom stereocenters. The second-order valence-electron chi connectivity index (χ2n) is 5.24. The van der Waals surface area contributed by atoms with E-state index in [9.17, 15) is 9.18 Å². The number of hydrogen-bond acceptors (Lipinski definition) is 6. The van der Waals surface area contributed by atoms with Gasteiger partial charge in [-0.2, -0.15) is 4.37 Å². The third kappa shape index (κ3) is 3.18. The Morgan fingerprint density at radius 1 is 1.59 bits per heavy atom. The number of aryl methyl sites for hydroxylation is 2. The van der Waals surface area contributed by atoms with Crippen molar-refractivity contribution in [3.05, 3.63) is 27.2 Å². The number of rotatable bonds is 4. The van der Waals surface area contributed by atoms with Gasteiger partial charge in [-0.15, -0.1) is 11.3 Å². The fourth-order valence-corrected chi connectivity index (χ4v) is 4.18. The molecule has 3 heterocycles. The molecule has 8 heteroatoms. The number of halogens is 1. The first kappa shape index (κ1) is 15.5. The molecule has 0 saturated carbocycles. The number of thiophene rings is 1. The highest BCUT2D eigenvalue weighted by Crippen LogP contribution is 2.33. The molecule has 2 aromatic rings. The van der Waals surface area contributed by atoms with Crippen molar-refractivity contribution >= 4 is 33.9 Å². The van der Waals surface area contributed by atoms with Gasteiger partial charge in [-0.3, -0.25) is 10.1 Å². The maximum absolute atomic E-state index is 13.3. The van der Waals surface area contributed by atoms with Crippen molar-refractivity contribution < 1.29 is 9.18 Å². The molecule has 0 spiro atoms. The second-order valence-corrected chi connectivity index (χ2v) is 7.28. The Balaban J connectivity index is 1.73. The number of nitrogens with one attached hydrogen (secondary N) is 2. The van der Waals surface area contributed by atoms with Gasteiger partial charge in [0.15, 0.2) is 0 Å². The highest BCUT2D eigenvalue weighted by Gasteiger charge is 2.27. The Bertz CT molecular complexity index is 684. The maximum atomic E-state index is 13.3. The summed E-state index contributed by atoms with van der Waals surface area (Å²) in [6.45, 7) is 4.26. The second kappa shape index (κ2) is 6.39. The summed E-state index contributed by atoms with van der Waals surface area (Å²) in [5.41, 5.74) is 0.623. The van der Waals surface area contributed by atoms with Gasteiger partial charge in [-0.1, -0.05) is 6.92 Å². The Hall–Kier alpha value is -1.38. The summed E-state index contributed by atoms with van der Waals surface area (Å²) in [5, 5.41) is 6.44. The minimum atomic E-state index is -0.807. The van der Waals surface area contributed by atoms with Crippen molar-refractivity contribution in [1.29, 1.82) is 0 Å². The molecule has 0 aliphatic carbocycles. The van der Waals surface area contributed by atoms with Gasteiger partial charge in [0.1, 0.15) is 12.0 Å². The zero-order valence-electron chi connectivity index (χ0n) is 12.4. The van der Waals surface area contributed by atoms with Crippen LogP contribution in [0, 0.1) is 6.92 Å². The summed E-state index contributed by atoms with van der Waals surface area (Å²) in [6.07, 6.45) is 0.404. The number of carbonyl (C=O) groups excluding carboxylic acids is 1. The van der Waals surface area contributed by atoms with Crippen LogP contribution in [0.15, 0.2) is 6.07 Å². The highest BCUT2D eigenvalue weighted by atomic mass is 32.1. The van der Waals surface area contributed by atoms with Crippen molar-refractivity contribution in [1.82, 2.24) is 14.7 Å². The topological polar surface area (TPSA) is 66.9 Å². The molecule has 0 bridgehead atoms. The zero-order chi connectivity index (χ0) is 15.7. The number of carbonyl (C=O) groups is 1. The van der Waals surface area contributed by atoms with Gasteiger partial charge in [0, 0.05) is 46.7 Å². The lowest BCUT2D eigenvalue weighted by Gasteiger charge is -2.05. The third-order valence-electron chi connectivity index (χ3n) is 3.61. The monoisotopic (exact) mass is 340 g/mol. The van der Waals surface area contributed by atoms with Crippen LogP contribution in [0.4, 0.5) is 9.52 Å². The van der Waals surface area contributed by atoms with Gasteiger partial charge in [0.2, 0.25) is 5.13 Å². The van der Waals surface area contributed by atoms with E-state index in [-0.39, 0.29) is 11.9 Å². The summed E-state index contributed by atoms with van der Waals surface area (Å²) in [4.78, 5) is 18.5. The summed E-state index contributed by atoms with van der Waals surface area (Å²) >= 11 is 2.72. The van der Waals surface area contributed by atoms with Crippen LogP contribution in [0.5, 0.6) is 0 Å². The fraction of sp³-hybridized carbons (Fsp3) is 0.500. The normalized spacial score (nSPS) is 21.2. The van der Waals surface area contributed by atoms with Crippen LogP contribution in [0.1, 0.15) is 45.3 Å². The van der Waals surface area contributed by atoms with E-state index >= 15 is 0 Å². The van der Waals surface area contributed by atoms with E-state index in [1.54, 1.807) is 0 Å². The van der Waals surface area contributed by atoms with E-state index in [0.717, 1.165) is 22.0 Å². The lowest BCUT2D eigenvalue weighted by molar-refractivity contribution is 0.102. The largest absolute Gasteiger partial charge is 0.306 e. The van der Waals surface area contributed by atoms with E-state index in [4.69, 9.17) is 0 Å². The van der Waals surface area contributed by atoms with Crippen LogP contribution in [-0.2, 0) is 6.42 Å². The molecule has 3 rings (SSSR count). The zero-order valence-corrected chi connectivity index (χ0v) is 14.0. The van der Waals surface area contributed by atoms with Crippen LogP contribution in [-0.4, -0.2) is 28.0 Å². The molecule has 1 amide bonds. The molecule has 1 saturated heterocycles. The average molecular weight is 340 g/mol. The van der Waals surface area contributed by atoms with Gasteiger partial charge < -0.3 is 5.32 Å². The third-order valence-corrected chi connectivity index (χ3v) is 5.44. The summed E-state index contributed by atoms with van der Waals surface area (Å²) in [5.74, 6) is 0.542. The van der Waals surface area contributed by atoms with Gasteiger partial charge in [0.25, 0.3) is 5.91 Å². The quantitative estimate of drug-likeness (QED) is 0.897. The minimum absolute atomic E-state index is 0.00785. The van der Waals surface area contributed by atoms with E-state index in [2.05, 4.69) is 20.0 Å². The van der Waals surface area contributed by atoms with Crippen molar-refractivity contribution in [3.63, 3.8) is 0 Å². The lowest BCUT2D eigenvalue weighted by atomic mass is 10.1. The van der Waals surface area contributed by atoms with Crippen molar-refractivity contribution in [2.75, 3.05) is 11.9 Å². The number of amides is 1. The van der Waals surface area contributed by atoms with Crippen LogP contribution < -0.4 is 10.6 Å². The average Bonchev–Trinajstić information content (AvgIpc) is 3.18. The fourth-order valence-electron chi connectivity index (χ4n) is 2.42. The molecule has 2 N–H and O–H groups in total. The molecule has 1 aliphatic heterocycles. The Kier molecular flexibility index (Phi) is 4.51. The smallest absolute Gasteiger partial charge is 0.258 e. The van der Waals surface area contributed by atoms with E-state index < -0.39 is 6.17 Å². The first-order chi connectivity index (χ1) is 10.6. The van der Waals surface area contributed by atoms with Gasteiger partial charge in [-0.25, -0.2) is 9.37 Å². The Labute approximate surface area is 136 Å². The molecule has 5 nitrogen and oxygen atoms in total. The summed E-state index contributed by atoms with van der Waals surface area (Å²) < 4.78 is 17.4. The number of hydrogen-bond donors (Lipinski definition) is 2. The predicted molar refractivity (Wildman–Crippen MR) is 86.6 cm³/mol. The Morgan fingerprint density at radius 3 is 3.05 bits per heavy atom. The van der Waals surface area contributed by atoms with E-state index in [1.807, 2.05) is 19.9 Å².